The number of carbonyl (C=O) groups is 5. The van der Waals surface area contributed by atoms with Gasteiger partial charge in [0.15, 0.2) is 11.7 Å². The minimum Gasteiger partial charge on any atom is -0.370 e. The van der Waals surface area contributed by atoms with Crippen molar-refractivity contribution in [1.82, 2.24) is 26.8 Å². The summed E-state index contributed by atoms with van der Waals surface area (Å²) >= 11 is 0. The number of rotatable bonds is 19. The Kier molecular flexibility index (Phi) is 15.7. The summed E-state index contributed by atoms with van der Waals surface area (Å²) in [6.45, 7) is 6.66. The summed E-state index contributed by atoms with van der Waals surface area (Å²) < 4.78 is 0. The van der Waals surface area contributed by atoms with Gasteiger partial charge in [-0.05, 0) is 46.0 Å². The van der Waals surface area contributed by atoms with Crippen molar-refractivity contribution >= 4 is 35.4 Å². The second-order valence-electron chi connectivity index (χ2n) is 8.90. The van der Waals surface area contributed by atoms with Gasteiger partial charge in [-0.25, -0.2) is 5.43 Å². The van der Waals surface area contributed by atoms with Crippen LogP contribution in [0.25, 0.3) is 0 Å². The number of aliphatic imine (C=N–C) groups is 1. The molecule has 0 fully saturated rings. The molecule has 0 aromatic carbocycles. The van der Waals surface area contributed by atoms with E-state index < -0.39 is 29.3 Å². The summed E-state index contributed by atoms with van der Waals surface area (Å²) in [6, 6.07) is -1.21. The standard InChI is InChI=1S/C22H43N9O5/c1-5-17(33)15(10-8-11-26-21(24)25)31-28-12-7-6-9-16(29-14(2)32)19(35)30-22(3,4)20(36)27-13-18(23)34/h15-16,28,31H,5-13H2,1-4H3,(H2,23,34)(H,27,36)(H,29,32)(H,30,35)(H4,24,25,26)/t15-,16?/m0/s1. The molecule has 206 valence electrons. The average molecular weight is 514 g/mol. The highest BCUT2D eigenvalue weighted by Gasteiger charge is 2.32. The van der Waals surface area contributed by atoms with Gasteiger partial charge in [-0.1, -0.05) is 6.92 Å². The number of hydrogen-bond donors (Lipinski definition) is 8. The van der Waals surface area contributed by atoms with E-state index in [1.54, 1.807) is 6.92 Å². The fourth-order valence-corrected chi connectivity index (χ4v) is 3.18. The van der Waals surface area contributed by atoms with E-state index in [-0.39, 0.29) is 30.2 Å². The lowest BCUT2D eigenvalue weighted by molar-refractivity contribution is -0.135. The zero-order valence-corrected chi connectivity index (χ0v) is 21.7. The van der Waals surface area contributed by atoms with Crippen LogP contribution in [0.3, 0.4) is 0 Å². The number of nitrogens with two attached hydrogens (primary N) is 3. The third kappa shape index (κ3) is 14.9. The Morgan fingerprint density at radius 3 is 2.14 bits per heavy atom. The quantitative estimate of drug-likeness (QED) is 0.0399. The van der Waals surface area contributed by atoms with Gasteiger partial charge < -0.3 is 33.2 Å². The lowest BCUT2D eigenvalue weighted by atomic mass is 10.0. The Labute approximate surface area is 212 Å². The van der Waals surface area contributed by atoms with E-state index >= 15 is 0 Å². The fraction of sp³-hybridized carbons (Fsp3) is 0.727. The minimum atomic E-state index is -1.32. The Morgan fingerprint density at radius 2 is 1.58 bits per heavy atom. The van der Waals surface area contributed by atoms with Crippen molar-refractivity contribution in [1.29, 1.82) is 0 Å². The highest BCUT2D eigenvalue weighted by Crippen LogP contribution is 2.07. The highest BCUT2D eigenvalue weighted by molar-refractivity contribution is 5.95. The van der Waals surface area contributed by atoms with Gasteiger partial charge in [0.2, 0.25) is 23.6 Å². The number of ketones is 1. The number of hydrazine groups is 1. The van der Waals surface area contributed by atoms with Gasteiger partial charge in [0.25, 0.3) is 0 Å². The van der Waals surface area contributed by atoms with Gasteiger partial charge in [0.1, 0.15) is 11.6 Å². The Hall–Kier alpha value is -3.26. The van der Waals surface area contributed by atoms with Crippen molar-refractivity contribution in [3.8, 4) is 0 Å². The van der Waals surface area contributed by atoms with Gasteiger partial charge in [0, 0.05) is 26.4 Å². The summed E-state index contributed by atoms with van der Waals surface area (Å²) in [7, 11) is 0. The van der Waals surface area contributed by atoms with Crippen LogP contribution in [0.15, 0.2) is 4.99 Å². The third-order valence-corrected chi connectivity index (χ3v) is 5.12. The molecular formula is C22H43N9O5. The molecule has 0 bridgehead atoms. The molecule has 0 saturated carbocycles. The van der Waals surface area contributed by atoms with E-state index in [0.29, 0.717) is 51.6 Å². The Bertz CT molecular complexity index is 782. The molecule has 14 nitrogen and oxygen atoms in total. The molecule has 0 heterocycles. The lowest BCUT2D eigenvalue weighted by Gasteiger charge is -2.28. The van der Waals surface area contributed by atoms with Gasteiger partial charge in [-0.15, -0.1) is 0 Å². The first-order valence-corrected chi connectivity index (χ1v) is 12.0. The topological polar surface area (TPSA) is 236 Å². The maximum Gasteiger partial charge on any atom is 0.245 e. The van der Waals surface area contributed by atoms with E-state index in [1.165, 1.54) is 20.8 Å². The van der Waals surface area contributed by atoms with Gasteiger partial charge in [-0.2, -0.15) is 0 Å². The predicted molar refractivity (Wildman–Crippen MR) is 136 cm³/mol. The predicted octanol–water partition coefficient (Wildman–Crippen LogP) is -2.35. The zero-order chi connectivity index (χ0) is 27.7. The van der Waals surface area contributed by atoms with Crippen molar-refractivity contribution in [3.63, 3.8) is 0 Å². The third-order valence-electron chi connectivity index (χ3n) is 5.12. The van der Waals surface area contributed by atoms with Crippen molar-refractivity contribution < 1.29 is 24.0 Å². The van der Waals surface area contributed by atoms with Crippen LogP contribution in [0.2, 0.25) is 0 Å². The first-order valence-electron chi connectivity index (χ1n) is 12.0. The van der Waals surface area contributed by atoms with E-state index in [1.807, 2.05) is 0 Å². The number of nitrogens with zero attached hydrogens (tertiary/aromatic N) is 1. The molecule has 1 unspecified atom stereocenters. The molecular weight excluding hydrogens is 470 g/mol. The lowest BCUT2D eigenvalue weighted by Crippen LogP contribution is -2.59. The molecule has 2 atom stereocenters. The number of nitrogens with one attached hydrogen (secondary N) is 5. The molecule has 0 aliphatic carbocycles. The molecule has 0 aliphatic heterocycles. The molecule has 0 rings (SSSR count). The van der Waals surface area contributed by atoms with Crippen LogP contribution < -0.4 is 44.0 Å². The van der Waals surface area contributed by atoms with Gasteiger partial charge in [-0.3, -0.25) is 34.4 Å². The number of primary amides is 1. The second kappa shape index (κ2) is 17.2. The van der Waals surface area contributed by atoms with Crippen molar-refractivity contribution in [2.45, 2.75) is 83.8 Å². The van der Waals surface area contributed by atoms with Crippen LogP contribution in [0.4, 0.5) is 0 Å². The minimum absolute atomic E-state index is 0.0145. The molecule has 36 heavy (non-hydrogen) atoms. The van der Waals surface area contributed by atoms with Crippen LogP contribution in [0.1, 0.15) is 66.2 Å². The first-order chi connectivity index (χ1) is 16.8. The molecule has 0 aromatic rings. The maximum atomic E-state index is 12.7. The summed E-state index contributed by atoms with van der Waals surface area (Å²) in [6.07, 6.45) is 3.18. The fourth-order valence-electron chi connectivity index (χ4n) is 3.18. The molecule has 0 aliphatic rings. The number of guanidine groups is 1. The van der Waals surface area contributed by atoms with Crippen LogP contribution in [0.5, 0.6) is 0 Å². The maximum absolute atomic E-state index is 12.7. The van der Waals surface area contributed by atoms with Gasteiger partial charge in [0.05, 0.1) is 12.6 Å². The van der Waals surface area contributed by atoms with E-state index in [9.17, 15) is 24.0 Å². The van der Waals surface area contributed by atoms with Crippen LogP contribution >= 0.6 is 0 Å². The number of unbranched alkanes of at least 4 members (excludes halogenated alkanes) is 1. The summed E-state index contributed by atoms with van der Waals surface area (Å²) in [4.78, 5) is 63.5. The SMILES string of the molecule is CCC(=O)[C@H](CCCN=C(N)N)NNCCCCC(NC(C)=O)C(=O)NC(C)(C)C(=O)NCC(N)=O. The van der Waals surface area contributed by atoms with Gasteiger partial charge >= 0.3 is 0 Å². The molecule has 0 spiro atoms. The molecule has 0 aromatic heterocycles. The molecule has 0 saturated heterocycles. The normalized spacial score (nSPS) is 12.7. The van der Waals surface area contributed by atoms with Crippen LogP contribution in [-0.2, 0) is 24.0 Å². The zero-order valence-electron chi connectivity index (χ0n) is 21.7. The van der Waals surface area contributed by atoms with E-state index in [0.717, 1.165) is 0 Å². The number of Topliss-reactive ketones (excluding diaryl/α,β-unsaturated/α-hetero) is 1. The van der Waals surface area contributed by atoms with Crippen molar-refractivity contribution in [2.75, 3.05) is 19.6 Å². The largest absolute Gasteiger partial charge is 0.370 e. The molecule has 11 N–H and O–H groups in total. The van der Waals surface area contributed by atoms with E-state index in [2.05, 4.69) is 31.8 Å². The summed E-state index contributed by atoms with van der Waals surface area (Å²) in [5.41, 5.74) is 20.4. The average Bonchev–Trinajstić information content (AvgIpc) is 2.78. The van der Waals surface area contributed by atoms with Crippen LogP contribution in [0, 0.1) is 0 Å². The Balaban J connectivity index is 4.65. The van der Waals surface area contributed by atoms with Crippen LogP contribution in [-0.4, -0.2) is 72.6 Å². The Morgan fingerprint density at radius 1 is 0.944 bits per heavy atom. The first kappa shape index (κ1) is 32.7. The summed E-state index contributed by atoms with van der Waals surface area (Å²) in [5, 5.41) is 7.53. The smallest absolute Gasteiger partial charge is 0.245 e. The number of carbonyl (C=O) groups excluding carboxylic acids is 5. The molecule has 4 amide bonds. The molecule has 0 radical (unpaired) electrons. The highest BCUT2D eigenvalue weighted by atomic mass is 16.2. The molecule has 14 heteroatoms. The summed E-state index contributed by atoms with van der Waals surface area (Å²) in [5.74, 6) is -2.11. The van der Waals surface area contributed by atoms with E-state index in [4.69, 9.17) is 17.2 Å². The number of hydrogen-bond acceptors (Lipinski definition) is 8. The van der Waals surface area contributed by atoms with Crippen molar-refractivity contribution in [2.24, 2.45) is 22.2 Å². The van der Waals surface area contributed by atoms with Crippen molar-refractivity contribution in [3.05, 3.63) is 0 Å². The second-order valence-corrected chi connectivity index (χ2v) is 8.90. The monoisotopic (exact) mass is 513 g/mol. The number of amides is 4.